The van der Waals surface area contributed by atoms with Crippen molar-refractivity contribution in [1.82, 2.24) is 10.3 Å². The summed E-state index contributed by atoms with van der Waals surface area (Å²) in [5, 5.41) is 16.0. The summed E-state index contributed by atoms with van der Waals surface area (Å²) in [5.74, 6) is -1.57. The molecule has 170 valence electrons. The Kier molecular flexibility index (Phi) is 6.69. The Bertz CT molecular complexity index is 1150. The van der Waals surface area contributed by atoms with Gasteiger partial charge in [-0.1, -0.05) is 55.5 Å². The minimum absolute atomic E-state index is 0.0422. The van der Waals surface area contributed by atoms with Crippen molar-refractivity contribution in [2.45, 2.75) is 31.7 Å². The van der Waals surface area contributed by atoms with E-state index in [9.17, 15) is 14.4 Å². The molecule has 2 aromatic carbocycles. The predicted octanol–water partition coefficient (Wildman–Crippen LogP) is 4.03. The minimum Gasteiger partial charge on any atom is -0.480 e. The topological polar surface area (TPSA) is 118 Å². The maximum atomic E-state index is 12.4. The molecule has 0 aliphatic heterocycles. The van der Waals surface area contributed by atoms with Gasteiger partial charge in [0.05, 0.1) is 12.1 Å². The van der Waals surface area contributed by atoms with Crippen LogP contribution in [-0.2, 0) is 20.7 Å². The molecule has 1 heterocycles. The molecule has 2 amide bonds. The van der Waals surface area contributed by atoms with Crippen LogP contribution in [0.4, 0.5) is 9.93 Å². The summed E-state index contributed by atoms with van der Waals surface area (Å²) in [6.45, 7) is 1.87. The molecule has 9 heteroatoms. The number of amides is 2. The second-order valence-electron chi connectivity index (χ2n) is 7.64. The fraction of sp³-hybridized carbons (Fsp3) is 0.250. The summed E-state index contributed by atoms with van der Waals surface area (Å²) in [4.78, 5) is 39.7. The van der Waals surface area contributed by atoms with E-state index < -0.39 is 24.0 Å². The van der Waals surface area contributed by atoms with Gasteiger partial charge in [0.15, 0.2) is 5.13 Å². The molecule has 4 rings (SSSR count). The lowest BCUT2D eigenvalue weighted by molar-refractivity contribution is -0.141. The third-order valence-electron chi connectivity index (χ3n) is 5.49. The Labute approximate surface area is 194 Å². The van der Waals surface area contributed by atoms with Crippen molar-refractivity contribution in [3.63, 3.8) is 0 Å². The average Bonchev–Trinajstić information content (AvgIpc) is 3.37. The van der Waals surface area contributed by atoms with Gasteiger partial charge in [-0.25, -0.2) is 14.6 Å². The summed E-state index contributed by atoms with van der Waals surface area (Å²) < 4.78 is 5.50. The SMILES string of the molecule is CC[C@H](NC(=O)Cc1csc(NC(=O)OCC2c3ccccc3-c3ccccc32)n1)C(=O)O. The van der Waals surface area contributed by atoms with Crippen molar-refractivity contribution in [2.24, 2.45) is 0 Å². The molecule has 1 atom stereocenters. The third kappa shape index (κ3) is 5.04. The molecule has 1 aliphatic rings. The van der Waals surface area contributed by atoms with Gasteiger partial charge in [-0.2, -0.15) is 0 Å². The lowest BCUT2D eigenvalue weighted by Crippen LogP contribution is -2.41. The number of carbonyl (C=O) groups excluding carboxylic acids is 2. The Morgan fingerprint density at radius 2 is 1.73 bits per heavy atom. The van der Waals surface area contributed by atoms with E-state index in [-0.39, 0.29) is 25.4 Å². The van der Waals surface area contributed by atoms with E-state index in [1.807, 2.05) is 36.4 Å². The molecule has 0 fully saturated rings. The molecule has 3 N–H and O–H groups in total. The van der Waals surface area contributed by atoms with Gasteiger partial charge in [-0.05, 0) is 28.7 Å². The summed E-state index contributed by atoms with van der Waals surface area (Å²) in [7, 11) is 0. The Balaban J connectivity index is 1.33. The molecule has 0 spiro atoms. The minimum atomic E-state index is -1.08. The first-order chi connectivity index (χ1) is 16.0. The molecule has 3 aromatic rings. The van der Waals surface area contributed by atoms with E-state index in [1.54, 1.807) is 12.3 Å². The van der Waals surface area contributed by atoms with Crippen LogP contribution in [0, 0.1) is 0 Å². The molecule has 0 radical (unpaired) electrons. The van der Waals surface area contributed by atoms with Crippen molar-refractivity contribution in [3.05, 3.63) is 70.7 Å². The van der Waals surface area contributed by atoms with E-state index in [1.165, 1.54) is 11.3 Å². The largest absolute Gasteiger partial charge is 0.480 e. The quantitative estimate of drug-likeness (QED) is 0.462. The van der Waals surface area contributed by atoms with Crippen molar-refractivity contribution >= 4 is 34.4 Å². The zero-order chi connectivity index (χ0) is 23.4. The molecular weight excluding hydrogens is 442 g/mol. The number of nitrogens with one attached hydrogen (secondary N) is 2. The lowest BCUT2D eigenvalue weighted by Gasteiger charge is -2.14. The summed E-state index contributed by atoms with van der Waals surface area (Å²) in [6, 6.07) is 15.2. The van der Waals surface area contributed by atoms with Crippen LogP contribution in [0.5, 0.6) is 0 Å². The number of fused-ring (bicyclic) bond motifs is 3. The van der Waals surface area contributed by atoms with Crippen molar-refractivity contribution in [3.8, 4) is 11.1 Å². The van der Waals surface area contributed by atoms with E-state index in [0.717, 1.165) is 22.3 Å². The number of anilines is 1. The number of hydrogen-bond acceptors (Lipinski definition) is 6. The number of thiazole rings is 1. The van der Waals surface area contributed by atoms with Gasteiger partial charge in [0.2, 0.25) is 5.91 Å². The first-order valence-corrected chi connectivity index (χ1v) is 11.4. The fourth-order valence-corrected chi connectivity index (χ4v) is 4.61. The highest BCUT2D eigenvalue weighted by molar-refractivity contribution is 7.13. The van der Waals surface area contributed by atoms with Crippen LogP contribution in [0.1, 0.15) is 36.1 Å². The van der Waals surface area contributed by atoms with E-state index in [4.69, 9.17) is 9.84 Å². The number of aliphatic carboxylic acids is 1. The summed E-state index contributed by atoms with van der Waals surface area (Å²) in [5.41, 5.74) is 4.99. The molecular formula is C24H23N3O5S. The van der Waals surface area contributed by atoms with Gasteiger partial charge in [0.25, 0.3) is 0 Å². The smallest absolute Gasteiger partial charge is 0.413 e. The summed E-state index contributed by atoms with van der Waals surface area (Å²) >= 11 is 1.17. The van der Waals surface area contributed by atoms with Gasteiger partial charge < -0.3 is 15.2 Å². The highest BCUT2D eigenvalue weighted by Crippen LogP contribution is 2.44. The van der Waals surface area contributed by atoms with Gasteiger partial charge >= 0.3 is 12.1 Å². The number of rotatable bonds is 8. The lowest BCUT2D eigenvalue weighted by atomic mass is 9.98. The first kappa shape index (κ1) is 22.5. The van der Waals surface area contributed by atoms with E-state index >= 15 is 0 Å². The molecule has 0 saturated heterocycles. The highest BCUT2D eigenvalue weighted by atomic mass is 32.1. The first-order valence-electron chi connectivity index (χ1n) is 10.5. The number of nitrogens with zero attached hydrogens (tertiary/aromatic N) is 1. The molecule has 0 bridgehead atoms. The third-order valence-corrected chi connectivity index (χ3v) is 6.29. The van der Waals surface area contributed by atoms with Crippen LogP contribution in [0.15, 0.2) is 53.9 Å². The van der Waals surface area contributed by atoms with E-state index in [0.29, 0.717) is 10.8 Å². The highest BCUT2D eigenvalue weighted by Gasteiger charge is 2.29. The second kappa shape index (κ2) is 9.83. The molecule has 1 aromatic heterocycles. The number of benzene rings is 2. The van der Waals surface area contributed by atoms with Crippen LogP contribution < -0.4 is 10.6 Å². The van der Waals surface area contributed by atoms with Crippen LogP contribution in [0.3, 0.4) is 0 Å². The van der Waals surface area contributed by atoms with Gasteiger partial charge in [-0.15, -0.1) is 11.3 Å². The molecule has 0 unspecified atom stereocenters. The second-order valence-corrected chi connectivity index (χ2v) is 8.50. The standard InChI is InChI=1S/C24H23N3O5S/c1-2-20(22(29)30)26-21(28)11-14-13-33-23(25-14)27-24(31)32-12-19-17-9-5-3-7-15(17)16-8-4-6-10-18(16)19/h3-10,13,19-20H,2,11-12H2,1H3,(H,26,28)(H,29,30)(H,25,27,31)/t20-/m0/s1. The number of hydrogen-bond donors (Lipinski definition) is 3. The maximum absolute atomic E-state index is 12.4. The van der Waals surface area contributed by atoms with Crippen LogP contribution >= 0.6 is 11.3 Å². The Morgan fingerprint density at radius 3 is 2.33 bits per heavy atom. The van der Waals surface area contributed by atoms with Gasteiger partial charge in [-0.3, -0.25) is 10.1 Å². The zero-order valence-corrected chi connectivity index (χ0v) is 18.7. The average molecular weight is 466 g/mol. The van der Waals surface area contributed by atoms with E-state index in [2.05, 4.69) is 27.8 Å². The fourth-order valence-electron chi connectivity index (χ4n) is 3.92. The summed E-state index contributed by atoms with van der Waals surface area (Å²) in [6.07, 6.45) is -0.418. The van der Waals surface area contributed by atoms with Crippen molar-refractivity contribution < 1.29 is 24.2 Å². The van der Waals surface area contributed by atoms with Gasteiger partial charge in [0, 0.05) is 11.3 Å². The number of carbonyl (C=O) groups is 3. The normalized spacial score (nSPS) is 13.0. The predicted molar refractivity (Wildman–Crippen MR) is 124 cm³/mol. The monoisotopic (exact) mass is 465 g/mol. The Hall–Kier alpha value is -3.72. The van der Waals surface area contributed by atoms with Crippen LogP contribution in [0.2, 0.25) is 0 Å². The van der Waals surface area contributed by atoms with Crippen molar-refractivity contribution in [2.75, 3.05) is 11.9 Å². The maximum Gasteiger partial charge on any atom is 0.413 e. The van der Waals surface area contributed by atoms with Crippen LogP contribution in [-0.4, -0.2) is 40.7 Å². The number of ether oxygens (including phenoxy) is 1. The number of carboxylic acids is 1. The molecule has 33 heavy (non-hydrogen) atoms. The zero-order valence-electron chi connectivity index (χ0n) is 17.9. The Morgan fingerprint density at radius 1 is 1.09 bits per heavy atom. The molecule has 0 saturated carbocycles. The van der Waals surface area contributed by atoms with Crippen molar-refractivity contribution in [1.29, 1.82) is 0 Å². The number of carboxylic acid groups (broad SMARTS) is 1. The molecule has 8 nitrogen and oxygen atoms in total. The molecule has 1 aliphatic carbocycles. The van der Waals surface area contributed by atoms with Gasteiger partial charge in [0.1, 0.15) is 12.6 Å². The number of aromatic nitrogens is 1. The van der Waals surface area contributed by atoms with Crippen LogP contribution in [0.25, 0.3) is 11.1 Å².